The average Bonchev–Trinajstić information content (AvgIpc) is 3.11. The third-order valence-electron chi connectivity index (χ3n) is 4.77. The number of carbonyl (C=O) groups excluding carboxylic acids is 1. The van der Waals surface area contributed by atoms with Crippen molar-refractivity contribution in [3.05, 3.63) is 17.5 Å². The molecule has 1 aromatic heterocycles. The summed E-state index contributed by atoms with van der Waals surface area (Å²) in [6, 6.07) is 2.33. The first-order chi connectivity index (χ1) is 10.5. The Morgan fingerprint density at radius 2 is 2.18 bits per heavy atom. The molecule has 1 aliphatic carbocycles. The fourth-order valence-corrected chi connectivity index (χ4v) is 3.24. The van der Waals surface area contributed by atoms with E-state index in [1.165, 1.54) is 12.8 Å². The van der Waals surface area contributed by atoms with Gasteiger partial charge in [-0.3, -0.25) is 9.48 Å². The van der Waals surface area contributed by atoms with Crippen molar-refractivity contribution in [3.63, 3.8) is 0 Å². The predicted molar refractivity (Wildman–Crippen MR) is 84.6 cm³/mol. The minimum atomic E-state index is -0.318. The van der Waals surface area contributed by atoms with Gasteiger partial charge in [-0.25, -0.2) is 0 Å². The molecule has 0 unspecified atom stereocenters. The maximum absolute atomic E-state index is 12.6. The minimum Gasteiger partial charge on any atom is -0.368 e. The van der Waals surface area contributed by atoms with Gasteiger partial charge in [-0.15, -0.1) is 0 Å². The van der Waals surface area contributed by atoms with Gasteiger partial charge in [-0.2, -0.15) is 5.10 Å². The number of rotatable bonds is 6. The molecule has 0 radical (unpaired) electrons. The van der Waals surface area contributed by atoms with E-state index in [0.717, 1.165) is 43.9 Å². The summed E-state index contributed by atoms with van der Waals surface area (Å²) in [4.78, 5) is 14.6. The predicted octanol–water partition coefficient (Wildman–Crippen LogP) is 2.31. The van der Waals surface area contributed by atoms with Crippen molar-refractivity contribution in [1.29, 1.82) is 0 Å². The van der Waals surface area contributed by atoms with Gasteiger partial charge in [0, 0.05) is 12.2 Å². The molecule has 1 aliphatic heterocycles. The molecule has 1 saturated heterocycles. The first kappa shape index (κ1) is 15.5. The minimum absolute atomic E-state index is 0.143. The molecule has 5 nitrogen and oxygen atoms in total. The zero-order valence-corrected chi connectivity index (χ0v) is 13.9. The highest BCUT2D eigenvalue weighted by atomic mass is 16.5. The van der Waals surface area contributed by atoms with Crippen LogP contribution in [0.1, 0.15) is 44.0 Å². The lowest BCUT2D eigenvalue weighted by molar-refractivity contribution is -0.144. The summed E-state index contributed by atoms with van der Waals surface area (Å²) >= 11 is 0. The normalized spacial score (nSPS) is 23.0. The number of amides is 1. The van der Waals surface area contributed by atoms with E-state index >= 15 is 0 Å². The number of ether oxygens (including phenoxy) is 1. The van der Waals surface area contributed by atoms with Crippen LogP contribution in [0.15, 0.2) is 6.07 Å². The third kappa shape index (κ3) is 3.51. The Bertz CT molecular complexity index is 536. The molecule has 1 saturated carbocycles. The Balaban J connectivity index is 1.59. The van der Waals surface area contributed by atoms with Crippen LogP contribution in [-0.4, -0.2) is 45.9 Å². The first-order valence-electron chi connectivity index (χ1n) is 8.47. The van der Waals surface area contributed by atoms with E-state index in [0.29, 0.717) is 5.92 Å². The van der Waals surface area contributed by atoms with Crippen molar-refractivity contribution in [3.8, 4) is 0 Å². The molecule has 2 aliphatic rings. The molecule has 2 fully saturated rings. The lowest BCUT2D eigenvalue weighted by Gasteiger charge is -2.28. The second kappa shape index (κ2) is 6.41. The Labute approximate surface area is 132 Å². The van der Waals surface area contributed by atoms with Crippen molar-refractivity contribution >= 4 is 5.91 Å². The molecule has 2 atom stereocenters. The first-order valence-corrected chi connectivity index (χ1v) is 8.47. The highest BCUT2D eigenvalue weighted by Gasteiger charge is 2.33. The van der Waals surface area contributed by atoms with Gasteiger partial charge in [-0.05, 0) is 58.4 Å². The smallest absolute Gasteiger partial charge is 0.251 e. The molecule has 5 heteroatoms. The third-order valence-corrected chi connectivity index (χ3v) is 4.77. The molecule has 0 spiro atoms. The average molecular weight is 305 g/mol. The van der Waals surface area contributed by atoms with Crippen LogP contribution in [0.3, 0.4) is 0 Å². The van der Waals surface area contributed by atoms with Gasteiger partial charge in [0.1, 0.15) is 6.10 Å². The van der Waals surface area contributed by atoms with Crippen LogP contribution in [0.5, 0.6) is 0 Å². The van der Waals surface area contributed by atoms with Crippen molar-refractivity contribution in [2.45, 2.75) is 65.1 Å². The Morgan fingerprint density at radius 3 is 2.82 bits per heavy atom. The molecule has 22 heavy (non-hydrogen) atoms. The monoisotopic (exact) mass is 305 g/mol. The van der Waals surface area contributed by atoms with Crippen LogP contribution in [-0.2, 0) is 16.1 Å². The van der Waals surface area contributed by atoms with Gasteiger partial charge in [0.25, 0.3) is 5.91 Å². The molecule has 2 heterocycles. The Kier molecular flexibility index (Phi) is 4.52. The summed E-state index contributed by atoms with van der Waals surface area (Å²) in [6.45, 7) is 8.35. The van der Waals surface area contributed by atoms with Crippen LogP contribution < -0.4 is 0 Å². The van der Waals surface area contributed by atoms with Crippen LogP contribution in [0.4, 0.5) is 0 Å². The number of aromatic nitrogens is 2. The van der Waals surface area contributed by atoms with E-state index in [9.17, 15) is 4.79 Å². The number of carbonyl (C=O) groups is 1. The van der Waals surface area contributed by atoms with E-state index in [4.69, 9.17) is 4.74 Å². The van der Waals surface area contributed by atoms with Gasteiger partial charge in [0.05, 0.1) is 24.9 Å². The topological polar surface area (TPSA) is 47.4 Å². The maximum atomic E-state index is 12.6. The van der Waals surface area contributed by atoms with Crippen LogP contribution >= 0.6 is 0 Å². The van der Waals surface area contributed by atoms with Gasteiger partial charge in [0.2, 0.25) is 0 Å². The SMILES string of the molecule is Cc1cc(C)n(C[C@@H]2CCCN2C(=O)[C@H](C)OCC2CC2)n1. The molecule has 0 aromatic carbocycles. The largest absolute Gasteiger partial charge is 0.368 e. The zero-order valence-electron chi connectivity index (χ0n) is 13.9. The van der Waals surface area contributed by atoms with E-state index in [1.54, 1.807) is 0 Å². The summed E-state index contributed by atoms with van der Waals surface area (Å²) in [5, 5.41) is 4.53. The van der Waals surface area contributed by atoms with Crippen LogP contribution in [0.2, 0.25) is 0 Å². The van der Waals surface area contributed by atoms with E-state index in [-0.39, 0.29) is 18.1 Å². The van der Waals surface area contributed by atoms with Crippen LogP contribution in [0.25, 0.3) is 0 Å². The quantitative estimate of drug-likeness (QED) is 0.810. The molecule has 0 bridgehead atoms. The zero-order chi connectivity index (χ0) is 15.7. The summed E-state index contributed by atoms with van der Waals surface area (Å²) in [7, 11) is 0. The Hall–Kier alpha value is -1.36. The molecule has 1 aromatic rings. The molecular weight excluding hydrogens is 278 g/mol. The Morgan fingerprint density at radius 1 is 1.41 bits per heavy atom. The lowest BCUT2D eigenvalue weighted by atomic mass is 10.2. The maximum Gasteiger partial charge on any atom is 0.251 e. The molecule has 0 N–H and O–H groups in total. The second-order valence-corrected chi connectivity index (χ2v) is 6.86. The van der Waals surface area contributed by atoms with Crippen molar-refractivity contribution < 1.29 is 9.53 Å². The highest BCUT2D eigenvalue weighted by Crippen LogP contribution is 2.29. The number of hydrogen-bond donors (Lipinski definition) is 0. The van der Waals surface area contributed by atoms with Gasteiger partial charge in [-0.1, -0.05) is 0 Å². The van der Waals surface area contributed by atoms with Gasteiger partial charge < -0.3 is 9.64 Å². The summed E-state index contributed by atoms with van der Waals surface area (Å²) < 4.78 is 7.78. The van der Waals surface area contributed by atoms with Crippen molar-refractivity contribution in [1.82, 2.24) is 14.7 Å². The molecular formula is C17H27N3O2. The van der Waals surface area contributed by atoms with Crippen molar-refractivity contribution in [2.75, 3.05) is 13.2 Å². The van der Waals surface area contributed by atoms with E-state index in [2.05, 4.69) is 18.1 Å². The fraction of sp³-hybridized carbons (Fsp3) is 0.765. The van der Waals surface area contributed by atoms with Crippen LogP contribution in [0, 0.1) is 19.8 Å². The summed E-state index contributed by atoms with van der Waals surface area (Å²) in [5.41, 5.74) is 2.20. The van der Waals surface area contributed by atoms with Gasteiger partial charge >= 0.3 is 0 Å². The number of likely N-dealkylation sites (tertiary alicyclic amines) is 1. The van der Waals surface area contributed by atoms with E-state index in [1.807, 2.05) is 23.4 Å². The fourth-order valence-electron chi connectivity index (χ4n) is 3.24. The highest BCUT2D eigenvalue weighted by molar-refractivity contribution is 5.81. The lowest BCUT2D eigenvalue weighted by Crippen LogP contribution is -2.44. The number of aryl methyl sites for hydroxylation is 2. The summed E-state index contributed by atoms with van der Waals surface area (Å²) in [6.07, 6.45) is 4.32. The van der Waals surface area contributed by atoms with Crippen molar-refractivity contribution in [2.24, 2.45) is 5.92 Å². The molecule has 3 rings (SSSR count). The van der Waals surface area contributed by atoms with Gasteiger partial charge in [0.15, 0.2) is 0 Å². The second-order valence-electron chi connectivity index (χ2n) is 6.86. The number of nitrogens with zero attached hydrogens (tertiary/aromatic N) is 3. The molecule has 122 valence electrons. The summed E-state index contributed by atoms with van der Waals surface area (Å²) in [5.74, 6) is 0.837. The molecule has 1 amide bonds. The number of hydrogen-bond acceptors (Lipinski definition) is 3. The standard InChI is InChI=1S/C17H27N3O2/c1-12-9-13(2)20(18-12)10-16-5-4-8-19(16)17(21)14(3)22-11-15-6-7-15/h9,14-16H,4-8,10-11H2,1-3H3/t14-,16-/m0/s1. The van der Waals surface area contributed by atoms with E-state index < -0.39 is 0 Å².